The van der Waals surface area contributed by atoms with Gasteiger partial charge in [0, 0.05) is 17.8 Å². The van der Waals surface area contributed by atoms with Crippen LogP contribution in [0.5, 0.6) is 0 Å². The topological polar surface area (TPSA) is 104 Å². The third kappa shape index (κ3) is 2.65. The average Bonchev–Trinajstić information content (AvgIpc) is 2.95. The van der Waals surface area contributed by atoms with Gasteiger partial charge < -0.3 is 14.3 Å². The Morgan fingerprint density at radius 1 is 1.06 bits per heavy atom. The summed E-state index contributed by atoms with van der Waals surface area (Å²) in [6.07, 6.45) is 4.71. The number of ketones is 2. The molecule has 0 aromatic rings. The molecule has 192 valence electrons. The Labute approximate surface area is 207 Å². The van der Waals surface area contributed by atoms with Crippen LogP contribution in [0.1, 0.15) is 74.1 Å². The first-order valence-corrected chi connectivity index (χ1v) is 12.6. The molecule has 0 heterocycles. The van der Waals surface area contributed by atoms with E-state index in [0.29, 0.717) is 31.3 Å². The quantitative estimate of drug-likeness (QED) is 0.258. The number of carbonyl (C=O) groups excluding carboxylic acids is 5. The van der Waals surface area contributed by atoms with Crippen LogP contribution in [-0.2, 0) is 33.4 Å². The number of hydrogen-bond acceptors (Lipinski definition) is 7. The first-order valence-electron chi connectivity index (χ1n) is 12.6. The largest absolute Gasteiger partial charge is 0.468 e. The van der Waals surface area contributed by atoms with Gasteiger partial charge in [-0.3, -0.25) is 19.2 Å². The van der Waals surface area contributed by atoms with Crippen LogP contribution in [-0.4, -0.2) is 43.0 Å². The predicted molar refractivity (Wildman–Crippen MR) is 127 cm³/mol. The third-order valence-corrected chi connectivity index (χ3v) is 10.9. The molecule has 0 N–H and O–H groups in total. The maximum absolute atomic E-state index is 14.0. The summed E-state index contributed by atoms with van der Waals surface area (Å²) in [5, 5.41) is 0. The van der Waals surface area contributed by atoms with Crippen molar-refractivity contribution in [1.29, 1.82) is 0 Å². The molecule has 8 atom stereocenters. The number of ether oxygens (including phenoxy) is 2. The molecule has 0 amide bonds. The molecule has 0 saturated heterocycles. The zero-order valence-electron chi connectivity index (χ0n) is 22.2. The Morgan fingerprint density at radius 3 is 2.23 bits per heavy atom. The number of allylic oxidation sites excluding steroid dienone is 2. The fourth-order valence-corrected chi connectivity index (χ4v) is 9.19. The van der Waals surface area contributed by atoms with Gasteiger partial charge in [-0.2, -0.15) is 0 Å². The van der Waals surface area contributed by atoms with E-state index in [9.17, 15) is 24.0 Å². The fraction of sp³-hybridized carbons (Fsp3) is 0.750. The lowest BCUT2D eigenvalue weighted by molar-refractivity contribution is -0.217. The highest BCUT2D eigenvalue weighted by molar-refractivity contribution is 6.25. The van der Waals surface area contributed by atoms with E-state index in [4.69, 9.17) is 9.47 Å². The van der Waals surface area contributed by atoms with Gasteiger partial charge in [0.2, 0.25) is 0 Å². The van der Waals surface area contributed by atoms with Crippen molar-refractivity contribution in [3.63, 3.8) is 0 Å². The molecule has 0 aromatic carbocycles. The van der Waals surface area contributed by atoms with Crippen molar-refractivity contribution >= 4 is 29.8 Å². The van der Waals surface area contributed by atoms with Gasteiger partial charge in [0.05, 0.1) is 18.4 Å². The summed E-state index contributed by atoms with van der Waals surface area (Å²) >= 11 is 0. The molecule has 0 bridgehead atoms. The van der Waals surface area contributed by atoms with E-state index < -0.39 is 50.7 Å². The minimum Gasteiger partial charge on any atom is -0.468 e. The van der Waals surface area contributed by atoms with Crippen LogP contribution in [0, 0.1) is 44.8 Å². The molecule has 4 aliphatic carbocycles. The highest BCUT2D eigenvalue weighted by Gasteiger charge is 2.82. The van der Waals surface area contributed by atoms with Crippen molar-refractivity contribution in [2.24, 2.45) is 44.8 Å². The number of fused-ring (bicyclic) bond motifs is 5. The Bertz CT molecular complexity index is 1060. The summed E-state index contributed by atoms with van der Waals surface area (Å²) in [5.41, 5.74) is -4.74. The van der Waals surface area contributed by atoms with E-state index in [0.717, 1.165) is 6.29 Å². The van der Waals surface area contributed by atoms with Crippen LogP contribution in [0.15, 0.2) is 11.6 Å². The summed E-state index contributed by atoms with van der Waals surface area (Å²) in [5.74, 6) is -3.20. The van der Waals surface area contributed by atoms with Crippen LogP contribution >= 0.6 is 0 Å². The van der Waals surface area contributed by atoms with Crippen LogP contribution < -0.4 is 0 Å². The molecule has 1 unspecified atom stereocenters. The highest BCUT2D eigenvalue weighted by atomic mass is 16.5. The van der Waals surface area contributed by atoms with Crippen LogP contribution in [0.25, 0.3) is 0 Å². The standard InChI is InChI=1S/C28H38O7/c1-15-13-19-25(6,28(23(33)34-8)22(32)16(2)21(31)26(15,28)7)11-9-18-24(4,5)20(35-17(3)30)10-12-27(18,19)14-29/h13-14,16,18-20H,9-12H2,1-8H3/t16?,18-,19-,20+,25+,26+,27+,28-/m1/s1. The summed E-state index contributed by atoms with van der Waals surface area (Å²) in [6, 6.07) is 0. The van der Waals surface area contributed by atoms with Gasteiger partial charge in [-0.25, -0.2) is 0 Å². The third-order valence-electron chi connectivity index (χ3n) is 10.9. The molecule has 4 aliphatic rings. The van der Waals surface area contributed by atoms with Crippen molar-refractivity contribution in [2.45, 2.75) is 80.3 Å². The lowest BCUT2D eigenvalue weighted by Gasteiger charge is -2.67. The number of Topliss-reactive ketones (excluding diaryl/α,β-unsaturated/α-hetero) is 2. The molecular formula is C28H38O7. The van der Waals surface area contributed by atoms with E-state index >= 15 is 0 Å². The number of carbonyl (C=O) groups is 5. The second kappa shape index (κ2) is 7.59. The monoisotopic (exact) mass is 486 g/mol. The zero-order valence-corrected chi connectivity index (χ0v) is 22.2. The molecule has 3 saturated carbocycles. The summed E-state index contributed by atoms with van der Waals surface area (Å²) in [4.78, 5) is 66.4. The van der Waals surface area contributed by atoms with Gasteiger partial charge >= 0.3 is 11.9 Å². The fourth-order valence-electron chi connectivity index (χ4n) is 9.19. The molecule has 7 nitrogen and oxygen atoms in total. The van der Waals surface area contributed by atoms with Crippen molar-refractivity contribution in [1.82, 2.24) is 0 Å². The molecule has 0 aliphatic heterocycles. The lowest BCUT2D eigenvalue weighted by Crippen LogP contribution is -2.70. The second-order valence-electron chi connectivity index (χ2n) is 12.3. The van der Waals surface area contributed by atoms with Crippen molar-refractivity contribution in [3.05, 3.63) is 11.6 Å². The molecule has 35 heavy (non-hydrogen) atoms. The van der Waals surface area contributed by atoms with Gasteiger partial charge in [-0.1, -0.05) is 32.4 Å². The van der Waals surface area contributed by atoms with E-state index in [2.05, 4.69) is 0 Å². The molecule has 4 rings (SSSR count). The smallest absolute Gasteiger partial charge is 0.321 e. The summed E-state index contributed by atoms with van der Waals surface area (Å²) in [6.45, 7) is 12.5. The van der Waals surface area contributed by atoms with Crippen molar-refractivity contribution < 1.29 is 33.4 Å². The predicted octanol–water partition coefficient (Wildman–Crippen LogP) is 3.87. The molecule has 0 aromatic heterocycles. The highest BCUT2D eigenvalue weighted by Crippen LogP contribution is 2.76. The Hall–Kier alpha value is -2.31. The lowest BCUT2D eigenvalue weighted by atomic mass is 9.34. The first-order chi connectivity index (χ1) is 16.1. The van der Waals surface area contributed by atoms with E-state index in [1.165, 1.54) is 14.0 Å². The molecule has 0 radical (unpaired) electrons. The van der Waals surface area contributed by atoms with Gasteiger partial charge in [-0.05, 0) is 63.7 Å². The SMILES string of the molecule is COC(=O)[C@@]12C(=O)C(C)C(=O)[C@]1(C)C(C)=C[C@H]1[C@]3(C=O)CC[C@H](OC(C)=O)C(C)(C)[C@H]3CC[C@@]12C. The molecular weight excluding hydrogens is 448 g/mol. The van der Waals surface area contributed by atoms with Crippen molar-refractivity contribution in [3.8, 4) is 0 Å². The van der Waals surface area contributed by atoms with Crippen LogP contribution in [0.3, 0.4) is 0 Å². The Balaban J connectivity index is 1.99. The summed E-state index contributed by atoms with van der Waals surface area (Å²) < 4.78 is 11.0. The van der Waals surface area contributed by atoms with E-state index in [1.54, 1.807) is 20.8 Å². The summed E-state index contributed by atoms with van der Waals surface area (Å²) in [7, 11) is 1.26. The minimum atomic E-state index is -1.70. The zero-order chi connectivity index (χ0) is 26.4. The minimum absolute atomic E-state index is 0.128. The second-order valence-corrected chi connectivity index (χ2v) is 12.3. The molecule has 0 spiro atoms. The van der Waals surface area contributed by atoms with Crippen LogP contribution in [0.4, 0.5) is 0 Å². The molecule has 7 heteroatoms. The first kappa shape index (κ1) is 25.8. The normalized spacial score (nSPS) is 46.0. The maximum atomic E-state index is 14.0. The number of hydrogen-bond donors (Lipinski definition) is 0. The average molecular weight is 487 g/mol. The van der Waals surface area contributed by atoms with Crippen molar-refractivity contribution in [2.75, 3.05) is 7.11 Å². The van der Waals surface area contributed by atoms with Crippen LogP contribution in [0.2, 0.25) is 0 Å². The number of rotatable bonds is 3. The number of methoxy groups -OCH3 is 1. The van der Waals surface area contributed by atoms with Gasteiger partial charge in [0.1, 0.15) is 17.8 Å². The number of esters is 2. The maximum Gasteiger partial charge on any atom is 0.321 e. The van der Waals surface area contributed by atoms with E-state index in [1.807, 2.05) is 26.8 Å². The number of aldehydes is 1. The Kier molecular flexibility index (Phi) is 5.59. The van der Waals surface area contributed by atoms with Gasteiger partial charge in [0.15, 0.2) is 11.6 Å². The molecule has 3 fully saturated rings. The Morgan fingerprint density at radius 2 is 1.69 bits per heavy atom. The van der Waals surface area contributed by atoms with Gasteiger partial charge in [0.25, 0.3) is 0 Å². The van der Waals surface area contributed by atoms with Gasteiger partial charge in [-0.15, -0.1) is 0 Å². The van der Waals surface area contributed by atoms with E-state index in [-0.39, 0.29) is 23.8 Å².